The molecule has 0 aliphatic rings. The fourth-order valence-corrected chi connectivity index (χ4v) is 2.62. The number of amides is 1. The second kappa shape index (κ2) is 8.22. The summed E-state index contributed by atoms with van der Waals surface area (Å²) >= 11 is 0. The van der Waals surface area contributed by atoms with Crippen LogP contribution in [0.15, 0.2) is 30.6 Å². The van der Waals surface area contributed by atoms with E-state index in [-0.39, 0.29) is 17.1 Å². The van der Waals surface area contributed by atoms with Gasteiger partial charge in [0.05, 0.1) is 12.3 Å². The van der Waals surface area contributed by atoms with Gasteiger partial charge >= 0.3 is 0 Å². The topological polar surface area (TPSA) is 129 Å². The van der Waals surface area contributed by atoms with Crippen LogP contribution in [0.4, 0.5) is 17.3 Å². The quantitative estimate of drug-likeness (QED) is 0.479. The van der Waals surface area contributed by atoms with E-state index < -0.39 is 16.7 Å². The van der Waals surface area contributed by atoms with E-state index in [0.29, 0.717) is 17.3 Å². The molecule has 3 rings (SSSR count). The zero-order valence-corrected chi connectivity index (χ0v) is 17.2. The van der Waals surface area contributed by atoms with Gasteiger partial charge in [0, 0.05) is 19.3 Å². The SMILES string of the molecule is [B]C([B])([B])Oc1ncccc1Nc1cc(NC)n2ncc(C(=O)NC(C)(C)C#N)c2n1. The minimum absolute atomic E-state index is 0.0601. The molecule has 0 saturated carbocycles. The third-order valence-electron chi connectivity index (χ3n) is 3.99. The minimum atomic E-state index is -1.93. The smallest absolute Gasteiger partial charge is 0.257 e. The summed E-state index contributed by atoms with van der Waals surface area (Å²) in [4.78, 5) is 21.3. The van der Waals surface area contributed by atoms with Crippen molar-refractivity contribution in [2.75, 3.05) is 17.7 Å². The number of rotatable bonds is 7. The zero-order valence-electron chi connectivity index (χ0n) is 17.2. The van der Waals surface area contributed by atoms with Crippen LogP contribution in [0.3, 0.4) is 0 Å². The molecular weight excluding hydrogens is 393 g/mol. The number of fused-ring (bicyclic) bond motifs is 1. The van der Waals surface area contributed by atoms with Gasteiger partial charge in [-0.1, -0.05) is 0 Å². The molecule has 3 aromatic heterocycles. The first kappa shape index (κ1) is 22.0. The number of nitriles is 1. The number of ether oxygens (including phenoxy) is 1. The molecule has 10 nitrogen and oxygen atoms in total. The summed E-state index contributed by atoms with van der Waals surface area (Å²) in [6, 6.07) is 7.01. The van der Waals surface area contributed by atoms with E-state index in [1.54, 1.807) is 39.1 Å². The molecule has 3 N–H and O–H groups in total. The number of hydrogen-bond donors (Lipinski definition) is 3. The van der Waals surface area contributed by atoms with E-state index in [1.165, 1.54) is 16.9 Å². The monoisotopic (exact) mass is 410 g/mol. The predicted molar refractivity (Wildman–Crippen MR) is 118 cm³/mol. The Morgan fingerprint density at radius 1 is 1.32 bits per heavy atom. The zero-order chi connectivity index (χ0) is 22.8. The first-order valence-corrected chi connectivity index (χ1v) is 9.11. The van der Waals surface area contributed by atoms with Crippen LogP contribution in [0.25, 0.3) is 5.65 Å². The largest absolute Gasteiger partial charge is 0.499 e. The summed E-state index contributed by atoms with van der Waals surface area (Å²) in [6.45, 7) is 3.18. The van der Waals surface area contributed by atoms with Gasteiger partial charge in [-0.15, -0.1) is 0 Å². The van der Waals surface area contributed by atoms with Crippen molar-refractivity contribution < 1.29 is 9.53 Å². The van der Waals surface area contributed by atoms with Crippen LogP contribution in [-0.2, 0) is 0 Å². The lowest BCUT2D eigenvalue weighted by Gasteiger charge is -2.24. The van der Waals surface area contributed by atoms with Gasteiger partial charge in [-0.3, -0.25) is 4.79 Å². The van der Waals surface area contributed by atoms with Gasteiger partial charge in [0.2, 0.25) is 5.88 Å². The summed E-state index contributed by atoms with van der Waals surface area (Å²) in [7, 11) is 18.2. The van der Waals surface area contributed by atoms with Gasteiger partial charge in [0.1, 0.15) is 52.0 Å². The van der Waals surface area contributed by atoms with Crippen molar-refractivity contribution in [3.63, 3.8) is 0 Å². The van der Waals surface area contributed by atoms with Crippen LogP contribution < -0.4 is 20.7 Å². The molecule has 0 aromatic carbocycles. The van der Waals surface area contributed by atoms with Crippen LogP contribution in [0.2, 0.25) is 0 Å². The highest BCUT2D eigenvalue weighted by Crippen LogP contribution is 2.28. The van der Waals surface area contributed by atoms with Crippen molar-refractivity contribution in [1.82, 2.24) is 24.9 Å². The minimum Gasteiger partial charge on any atom is -0.499 e. The van der Waals surface area contributed by atoms with Gasteiger partial charge in [0.15, 0.2) is 5.65 Å². The molecule has 0 saturated heterocycles. The molecule has 13 heteroatoms. The highest BCUT2D eigenvalue weighted by atomic mass is 16.5. The van der Waals surface area contributed by atoms with Crippen LogP contribution in [0.5, 0.6) is 5.88 Å². The standard InChI is InChI=1S/C18H17B3N8O2/c1-17(2,9-22)28-15(30)10-8-25-29-13(23-3)7-12(27-14(10)29)26-11-5-4-6-24-16(11)31-18(19,20)21/h4-8,23H,1-3H3,(H,26,27)(H,28,30). The van der Waals surface area contributed by atoms with Gasteiger partial charge in [-0.05, 0) is 31.3 Å². The lowest BCUT2D eigenvalue weighted by Crippen LogP contribution is -2.42. The molecule has 0 unspecified atom stereocenters. The lowest BCUT2D eigenvalue weighted by atomic mass is 9.52. The number of hydrogen-bond acceptors (Lipinski definition) is 8. The van der Waals surface area contributed by atoms with E-state index in [1.807, 2.05) is 6.07 Å². The maximum Gasteiger partial charge on any atom is 0.257 e. The predicted octanol–water partition coefficient (Wildman–Crippen LogP) is 0.437. The third kappa shape index (κ3) is 5.09. The second-order valence-electron chi connectivity index (χ2n) is 7.20. The summed E-state index contributed by atoms with van der Waals surface area (Å²) < 4.78 is 6.73. The molecule has 3 aromatic rings. The van der Waals surface area contributed by atoms with E-state index in [4.69, 9.17) is 28.3 Å². The second-order valence-corrected chi connectivity index (χ2v) is 7.20. The number of pyridine rings is 1. The first-order valence-electron chi connectivity index (χ1n) is 9.11. The Balaban J connectivity index is 2.02. The number of anilines is 3. The number of carbonyl (C=O) groups is 1. The molecular formula is C18H17B3N8O2. The molecule has 150 valence electrons. The maximum atomic E-state index is 12.7. The van der Waals surface area contributed by atoms with Crippen molar-refractivity contribution in [2.45, 2.75) is 24.7 Å². The van der Waals surface area contributed by atoms with Gasteiger partial charge in [-0.25, -0.2) is 9.97 Å². The van der Waals surface area contributed by atoms with Crippen molar-refractivity contribution in [1.29, 1.82) is 5.26 Å². The average Bonchev–Trinajstić information content (AvgIpc) is 3.11. The van der Waals surface area contributed by atoms with Crippen molar-refractivity contribution in [2.24, 2.45) is 0 Å². The molecule has 31 heavy (non-hydrogen) atoms. The molecule has 0 fully saturated rings. The maximum absolute atomic E-state index is 12.7. The third-order valence-corrected chi connectivity index (χ3v) is 3.99. The average molecular weight is 410 g/mol. The van der Waals surface area contributed by atoms with E-state index in [0.717, 1.165) is 0 Å². The summed E-state index contributed by atoms with van der Waals surface area (Å²) in [6.07, 6.45) is 2.86. The Morgan fingerprint density at radius 2 is 2.06 bits per heavy atom. The van der Waals surface area contributed by atoms with E-state index >= 15 is 0 Å². The Labute approximate surface area is 183 Å². The summed E-state index contributed by atoms with van der Waals surface area (Å²) in [5.74, 6) is 0.464. The number of nitrogens with zero attached hydrogens (tertiary/aromatic N) is 5. The van der Waals surface area contributed by atoms with Gasteiger partial charge in [0.25, 0.3) is 5.91 Å². The van der Waals surface area contributed by atoms with Crippen LogP contribution >= 0.6 is 0 Å². The molecule has 0 aliphatic carbocycles. The van der Waals surface area contributed by atoms with E-state index in [2.05, 4.69) is 31.0 Å². The van der Waals surface area contributed by atoms with Crippen molar-refractivity contribution in [3.8, 4) is 11.9 Å². The molecule has 1 amide bonds. The molecule has 3 heterocycles. The summed E-state index contributed by atoms with van der Waals surface area (Å²) in [5.41, 5.74) is -0.217. The highest BCUT2D eigenvalue weighted by molar-refractivity contribution is 6.58. The highest BCUT2D eigenvalue weighted by Gasteiger charge is 2.24. The van der Waals surface area contributed by atoms with Gasteiger partial charge in [-0.2, -0.15) is 14.9 Å². The Kier molecular flexibility index (Phi) is 5.84. The fraction of sp³-hybridized carbons (Fsp3) is 0.278. The first-order chi connectivity index (χ1) is 14.5. The van der Waals surface area contributed by atoms with Crippen LogP contribution in [0.1, 0.15) is 24.2 Å². The van der Waals surface area contributed by atoms with Crippen LogP contribution in [0, 0.1) is 11.3 Å². The molecule has 0 aliphatic heterocycles. The fourth-order valence-electron chi connectivity index (χ4n) is 2.62. The number of aromatic nitrogens is 4. The van der Waals surface area contributed by atoms with Gasteiger partial charge < -0.3 is 20.7 Å². The van der Waals surface area contributed by atoms with E-state index in [9.17, 15) is 10.1 Å². The Bertz CT molecular complexity index is 1170. The number of nitrogens with one attached hydrogen (secondary N) is 3. The van der Waals surface area contributed by atoms with Crippen molar-refractivity contribution in [3.05, 3.63) is 36.2 Å². The van der Waals surface area contributed by atoms with Crippen molar-refractivity contribution >= 4 is 52.4 Å². The normalized spacial score (nSPS) is 11.5. The Hall–Kier alpha value is -3.68. The number of carbonyl (C=O) groups excluding carboxylic acids is 1. The van der Waals surface area contributed by atoms with Crippen LogP contribution in [-0.4, -0.2) is 66.9 Å². The molecule has 0 spiro atoms. The molecule has 0 atom stereocenters. The summed E-state index contributed by atoms with van der Waals surface area (Å²) in [5, 5.41) is 20.1. The molecule has 0 bridgehead atoms. The Morgan fingerprint density at radius 3 is 2.71 bits per heavy atom. The molecule has 6 radical (unpaired) electrons. The lowest BCUT2D eigenvalue weighted by molar-refractivity contribution is 0.0930.